The molecule has 2 aromatic rings. The quantitative estimate of drug-likeness (QED) is 0.907. The lowest BCUT2D eigenvalue weighted by atomic mass is 9.76. The van der Waals surface area contributed by atoms with Gasteiger partial charge < -0.3 is 28.8 Å². The van der Waals surface area contributed by atoms with Crippen LogP contribution in [0.3, 0.4) is 0 Å². The molecule has 1 heterocycles. The van der Waals surface area contributed by atoms with Gasteiger partial charge in [-0.3, -0.25) is 0 Å². The molecule has 2 aliphatic rings. The second-order valence-electron chi connectivity index (χ2n) is 6.44. The highest BCUT2D eigenvalue weighted by molar-refractivity contribution is 5.70. The minimum absolute atomic E-state index is 0.0435. The van der Waals surface area contributed by atoms with E-state index in [1.54, 1.807) is 21.3 Å². The Kier molecular flexibility index (Phi) is 4.28. The summed E-state index contributed by atoms with van der Waals surface area (Å²) in [5, 5.41) is 10.5. The zero-order valence-electron chi connectivity index (χ0n) is 15.1. The van der Waals surface area contributed by atoms with Gasteiger partial charge in [-0.2, -0.15) is 0 Å². The molecule has 1 aliphatic heterocycles. The second kappa shape index (κ2) is 6.61. The monoisotopic (exact) mass is 358 g/mol. The summed E-state index contributed by atoms with van der Waals surface area (Å²) in [5.41, 5.74) is 2.97. The summed E-state index contributed by atoms with van der Waals surface area (Å²) in [6.07, 6.45) is 0.602. The Morgan fingerprint density at radius 1 is 0.923 bits per heavy atom. The molecule has 6 nitrogen and oxygen atoms in total. The molecule has 4 rings (SSSR count). The SMILES string of the molecule is COc1ccc([C@@H]2C[C@@H](O)Cc3c(OC)c4c(c(OC)c32)OCO4)cc1. The molecule has 26 heavy (non-hydrogen) atoms. The Bertz CT molecular complexity index is 814. The van der Waals surface area contributed by atoms with Crippen LogP contribution in [-0.4, -0.2) is 39.3 Å². The molecular weight excluding hydrogens is 336 g/mol. The minimum atomic E-state index is -0.478. The zero-order chi connectivity index (χ0) is 18.3. The predicted octanol–water partition coefficient (Wildman–Crippen LogP) is 2.88. The fraction of sp³-hybridized carbons (Fsp3) is 0.400. The average Bonchev–Trinajstić information content (AvgIpc) is 3.14. The number of aliphatic hydroxyl groups excluding tert-OH is 1. The van der Waals surface area contributed by atoms with Gasteiger partial charge in [-0.1, -0.05) is 12.1 Å². The average molecular weight is 358 g/mol. The van der Waals surface area contributed by atoms with Crippen molar-refractivity contribution >= 4 is 0 Å². The molecule has 0 radical (unpaired) electrons. The Balaban J connectivity index is 1.93. The van der Waals surface area contributed by atoms with Gasteiger partial charge in [-0.05, 0) is 24.1 Å². The first-order valence-electron chi connectivity index (χ1n) is 8.56. The molecule has 0 aromatic heterocycles. The highest BCUT2D eigenvalue weighted by Crippen LogP contribution is 2.57. The van der Waals surface area contributed by atoms with E-state index in [9.17, 15) is 5.11 Å². The number of ether oxygens (including phenoxy) is 5. The lowest BCUT2D eigenvalue weighted by Gasteiger charge is -2.32. The van der Waals surface area contributed by atoms with Crippen molar-refractivity contribution < 1.29 is 28.8 Å². The van der Waals surface area contributed by atoms with Crippen molar-refractivity contribution in [3.05, 3.63) is 41.0 Å². The van der Waals surface area contributed by atoms with Crippen molar-refractivity contribution in [1.82, 2.24) is 0 Å². The third-order valence-corrected chi connectivity index (χ3v) is 5.09. The number of methoxy groups -OCH3 is 3. The standard InChI is InChI=1S/C20H22O6/c1-22-13-6-4-11(5-7-13)14-8-12(21)9-15-16(14)18(24-3)20-19(17(15)23-2)25-10-26-20/h4-7,12,14,21H,8-10H2,1-3H3/t12-,14+/m1/s1. The molecule has 0 saturated carbocycles. The van der Waals surface area contributed by atoms with Gasteiger partial charge in [0.05, 0.1) is 27.4 Å². The Morgan fingerprint density at radius 2 is 1.58 bits per heavy atom. The van der Waals surface area contributed by atoms with Crippen molar-refractivity contribution in [3.63, 3.8) is 0 Å². The fourth-order valence-corrected chi connectivity index (χ4v) is 3.97. The Labute approximate surface area is 152 Å². The third kappa shape index (κ3) is 2.52. The molecule has 1 N–H and O–H groups in total. The first kappa shape index (κ1) is 16.8. The van der Waals surface area contributed by atoms with Crippen LogP contribution in [0.15, 0.2) is 24.3 Å². The molecule has 2 atom stereocenters. The second-order valence-corrected chi connectivity index (χ2v) is 6.44. The number of aliphatic hydroxyl groups is 1. The number of fused-ring (bicyclic) bond motifs is 2. The van der Waals surface area contributed by atoms with Crippen LogP contribution >= 0.6 is 0 Å². The molecular formula is C20H22O6. The maximum atomic E-state index is 10.5. The molecule has 0 bridgehead atoms. The smallest absolute Gasteiger partial charge is 0.231 e. The number of hydrogen-bond donors (Lipinski definition) is 1. The first-order valence-corrected chi connectivity index (χ1v) is 8.56. The lowest BCUT2D eigenvalue weighted by Crippen LogP contribution is -2.25. The van der Waals surface area contributed by atoms with Gasteiger partial charge in [0, 0.05) is 23.5 Å². The summed E-state index contributed by atoms with van der Waals surface area (Å²) in [4.78, 5) is 0. The van der Waals surface area contributed by atoms with Crippen molar-refractivity contribution in [3.8, 4) is 28.7 Å². The van der Waals surface area contributed by atoms with E-state index in [-0.39, 0.29) is 12.7 Å². The van der Waals surface area contributed by atoms with Gasteiger partial charge in [0.2, 0.25) is 18.3 Å². The van der Waals surface area contributed by atoms with Crippen LogP contribution < -0.4 is 23.7 Å². The maximum absolute atomic E-state index is 10.5. The zero-order valence-corrected chi connectivity index (χ0v) is 15.1. The normalized spacial score (nSPS) is 20.5. The maximum Gasteiger partial charge on any atom is 0.231 e. The molecule has 0 amide bonds. The van der Waals surface area contributed by atoms with Gasteiger partial charge in [-0.15, -0.1) is 0 Å². The summed E-state index contributed by atoms with van der Waals surface area (Å²) in [5.74, 6) is 3.13. The van der Waals surface area contributed by atoms with Crippen LogP contribution in [0, 0.1) is 0 Å². The van der Waals surface area contributed by atoms with Crippen molar-refractivity contribution in [2.75, 3.05) is 28.1 Å². The first-order chi connectivity index (χ1) is 12.7. The van der Waals surface area contributed by atoms with E-state index in [1.807, 2.05) is 24.3 Å². The lowest BCUT2D eigenvalue weighted by molar-refractivity contribution is 0.149. The molecule has 138 valence electrons. The van der Waals surface area contributed by atoms with E-state index in [0.29, 0.717) is 35.8 Å². The summed E-state index contributed by atoms with van der Waals surface area (Å²) in [6.45, 7) is 0.126. The summed E-state index contributed by atoms with van der Waals surface area (Å²) in [6, 6.07) is 7.88. The van der Waals surface area contributed by atoms with E-state index in [2.05, 4.69) is 0 Å². The molecule has 0 fully saturated rings. The van der Waals surface area contributed by atoms with Crippen LogP contribution in [0.4, 0.5) is 0 Å². The topological polar surface area (TPSA) is 66.4 Å². The van der Waals surface area contributed by atoms with E-state index >= 15 is 0 Å². The number of hydrogen-bond acceptors (Lipinski definition) is 6. The largest absolute Gasteiger partial charge is 0.497 e. The van der Waals surface area contributed by atoms with Crippen molar-refractivity contribution in [2.24, 2.45) is 0 Å². The molecule has 2 aromatic carbocycles. The minimum Gasteiger partial charge on any atom is -0.497 e. The summed E-state index contributed by atoms with van der Waals surface area (Å²) in [7, 11) is 4.87. The predicted molar refractivity (Wildman–Crippen MR) is 94.8 cm³/mol. The van der Waals surface area contributed by atoms with Gasteiger partial charge in [0.25, 0.3) is 0 Å². The van der Waals surface area contributed by atoms with Gasteiger partial charge in [-0.25, -0.2) is 0 Å². The summed E-state index contributed by atoms with van der Waals surface area (Å²) < 4.78 is 27.9. The molecule has 1 aliphatic carbocycles. The fourth-order valence-electron chi connectivity index (χ4n) is 3.97. The summed E-state index contributed by atoms with van der Waals surface area (Å²) >= 11 is 0. The third-order valence-electron chi connectivity index (χ3n) is 5.09. The molecule has 0 saturated heterocycles. The number of benzene rings is 2. The van der Waals surface area contributed by atoms with Gasteiger partial charge >= 0.3 is 0 Å². The van der Waals surface area contributed by atoms with Crippen LogP contribution in [0.25, 0.3) is 0 Å². The van der Waals surface area contributed by atoms with Crippen LogP contribution in [-0.2, 0) is 6.42 Å². The highest BCUT2D eigenvalue weighted by Gasteiger charge is 2.38. The highest BCUT2D eigenvalue weighted by atomic mass is 16.7. The van der Waals surface area contributed by atoms with Crippen molar-refractivity contribution in [1.29, 1.82) is 0 Å². The van der Waals surface area contributed by atoms with Gasteiger partial charge in [0.1, 0.15) is 5.75 Å². The Hall–Kier alpha value is -2.60. The Morgan fingerprint density at radius 3 is 2.19 bits per heavy atom. The molecule has 0 unspecified atom stereocenters. The van der Waals surface area contributed by atoms with E-state index in [0.717, 1.165) is 22.4 Å². The van der Waals surface area contributed by atoms with Crippen LogP contribution in [0.1, 0.15) is 29.0 Å². The molecule has 6 heteroatoms. The van der Waals surface area contributed by atoms with E-state index in [1.165, 1.54) is 0 Å². The number of rotatable bonds is 4. The molecule has 0 spiro atoms. The van der Waals surface area contributed by atoms with E-state index in [4.69, 9.17) is 23.7 Å². The van der Waals surface area contributed by atoms with Crippen molar-refractivity contribution in [2.45, 2.75) is 24.9 Å². The van der Waals surface area contributed by atoms with Gasteiger partial charge in [0.15, 0.2) is 11.5 Å². The van der Waals surface area contributed by atoms with E-state index < -0.39 is 6.10 Å². The van der Waals surface area contributed by atoms with Crippen LogP contribution in [0.2, 0.25) is 0 Å². The van der Waals surface area contributed by atoms with Crippen LogP contribution in [0.5, 0.6) is 28.7 Å².